The van der Waals surface area contributed by atoms with Crippen LogP contribution in [0.5, 0.6) is 0 Å². The highest BCUT2D eigenvalue weighted by Crippen LogP contribution is 2.24. The maximum Gasteiger partial charge on any atom is 0.406 e. The van der Waals surface area contributed by atoms with Gasteiger partial charge in [-0.2, -0.15) is 13.2 Å². The number of carbonyl (C=O) groups is 1. The van der Waals surface area contributed by atoms with Crippen LogP contribution in [0.2, 0.25) is 0 Å². The zero-order chi connectivity index (χ0) is 14.9. The lowest BCUT2D eigenvalue weighted by molar-refractivity contribution is -0.159. The number of thiazole rings is 1. The van der Waals surface area contributed by atoms with E-state index in [9.17, 15) is 18.0 Å². The number of likely N-dealkylation sites (N-methyl/N-ethyl adjacent to an activating group) is 1. The van der Waals surface area contributed by atoms with Crippen LogP contribution in [-0.2, 0) is 11.3 Å². The first-order valence-electron chi connectivity index (χ1n) is 6.22. The quantitative estimate of drug-likeness (QED) is 0.854. The van der Waals surface area contributed by atoms with Gasteiger partial charge in [0.15, 0.2) is 0 Å². The zero-order valence-electron chi connectivity index (χ0n) is 11.3. The molecule has 4 nitrogen and oxygen atoms in total. The van der Waals surface area contributed by atoms with E-state index in [2.05, 4.69) is 4.98 Å². The van der Waals surface area contributed by atoms with Gasteiger partial charge >= 0.3 is 6.18 Å². The summed E-state index contributed by atoms with van der Waals surface area (Å²) in [5.74, 6) is -0.438. The Kier molecular flexibility index (Phi) is 4.33. The lowest BCUT2D eigenvalue weighted by atomic mass is 10.2. The highest BCUT2D eigenvalue weighted by molar-refractivity contribution is 7.09. The van der Waals surface area contributed by atoms with Crippen LogP contribution >= 0.6 is 11.3 Å². The number of hydrogen-bond donors (Lipinski definition) is 0. The zero-order valence-corrected chi connectivity index (χ0v) is 12.1. The summed E-state index contributed by atoms with van der Waals surface area (Å²) in [5.41, 5.74) is 2.63. The van der Waals surface area contributed by atoms with Gasteiger partial charge in [0.2, 0.25) is 5.91 Å². The molecule has 2 heterocycles. The Bertz CT molecular complexity index is 489. The summed E-state index contributed by atoms with van der Waals surface area (Å²) in [5, 5.41) is 0. The van der Waals surface area contributed by atoms with E-state index in [0.717, 1.165) is 15.5 Å². The van der Waals surface area contributed by atoms with Crippen LogP contribution in [0, 0.1) is 6.92 Å². The van der Waals surface area contributed by atoms with E-state index in [1.807, 2.05) is 6.92 Å². The van der Waals surface area contributed by atoms with Crippen molar-refractivity contribution in [1.82, 2.24) is 14.8 Å². The van der Waals surface area contributed by atoms with Gasteiger partial charge in [-0.1, -0.05) is 0 Å². The molecule has 1 atom stereocenters. The fraction of sp³-hybridized carbons (Fsp3) is 0.667. The fourth-order valence-electron chi connectivity index (χ4n) is 2.32. The summed E-state index contributed by atoms with van der Waals surface area (Å²) in [7, 11) is 1.76. The van der Waals surface area contributed by atoms with Crippen molar-refractivity contribution in [1.29, 1.82) is 0 Å². The molecule has 20 heavy (non-hydrogen) atoms. The first-order valence-corrected chi connectivity index (χ1v) is 7.10. The summed E-state index contributed by atoms with van der Waals surface area (Å²) >= 11 is 1.49. The van der Waals surface area contributed by atoms with E-state index in [4.69, 9.17) is 0 Å². The fourth-order valence-corrected chi connectivity index (χ4v) is 3.16. The Morgan fingerprint density at radius 2 is 2.25 bits per heavy atom. The largest absolute Gasteiger partial charge is 0.406 e. The van der Waals surface area contributed by atoms with Crippen molar-refractivity contribution in [3.8, 4) is 0 Å². The molecule has 1 unspecified atom stereocenters. The average molecular weight is 307 g/mol. The lowest BCUT2D eigenvalue weighted by Crippen LogP contribution is -2.42. The van der Waals surface area contributed by atoms with E-state index in [1.54, 1.807) is 17.5 Å². The van der Waals surface area contributed by atoms with Gasteiger partial charge in [-0.3, -0.25) is 9.69 Å². The highest BCUT2D eigenvalue weighted by Gasteiger charge is 2.40. The second-order valence-corrected chi connectivity index (χ2v) is 5.89. The predicted octanol–water partition coefficient (Wildman–Crippen LogP) is 2.05. The Balaban J connectivity index is 1.97. The minimum absolute atomic E-state index is 0.162. The summed E-state index contributed by atoms with van der Waals surface area (Å²) < 4.78 is 37.1. The van der Waals surface area contributed by atoms with Crippen LogP contribution in [0.15, 0.2) is 5.51 Å². The van der Waals surface area contributed by atoms with E-state index in [1.165, 1.54) is 11.3 Å². The topological polar surface area (TPSA) is 36.4 Å². The molecule has 0 N–H and O–H groups in total. The molecule has 1 fully saturated rings. The smallest absolute Gasteiger partial charge is 0.332 e. The maximum atomic E-state index is 12.4. The summed E-state index contributed by atoms with van der Waals surface area (Å²) in [6.45, 7) is 1.42. The van der Waals surface area contributed by atoms with Crippen LogP contribution in [0.1, 0.15) is 17.0 Å². The lowest BCUT2D eigenvalue weighted by Gasteiger charge is -2.23. The summed E-state index contributed by atoms with van der Waals surface area (Å²) in [6, 6.07) is -0.473. The molecule has 1 amide bonds. The number of hydrogen-bond acceptors (Lipinski definition) is 4. The van der Waals surface area contributed by atoms with Crippen molar-refractivity contribution in [2.24, 2.45) is 0 Å². The van der Waals surface area contributed by atoms with Crippen molar-refractivity contribution >= 4 is 17.2 Å². The Morgan fingerprint density at radius 3 is 2.80 bits per heavy atom. The predicted molar refractivity (Wildman–Crippen MR) is 69.4 cm³/mol. The molecule has 8 heteroatoms. The van der Waals surface area contributed by atoms with Gasteiger partial charge in [0.05, 0.1) is 17.2 Å². The van der Waals surface area contributed by atoms with Crippen molar-refractivity contribution in [2.75, 3.05) is 20.1 Å². The molecule has 0 saturated carbocycles. The molecule has 0 aromatic carbocycles. The number of alkyl halides is 3. The van der Waals surface area contributed by atoms with Crippen molar-refractivity contribution in [2.45, 2.75) is 32.1 Å². The van der Waals surface area contributed by atoms with Gasteiger partial charge in [-0.05, 0) is 20.4 Å². The van der Waals surface area contributed by atoms with Crippen LogP contribution < -0.4 is 0 Å². The SMILES string of the molecule is Cc1ncsc1CN(C)C1CCN(CC(F)(F)F)C1=O. The molecule has 1 aliphatic heterocycles. The molecule has 1 aromatic heterocycles. The van der Waals surface area contributed by atoms with Gasteiger partial charge < -0.3 is 4.90 Å². The number of rotatable bonds is 4. The number of likely N-dealkylation sites (tertiary alicyclic amines) is 1. The molecule has 112 valence electrons. The number of halogens is 3. The second-order valence-electron chi connectivity index (χ2n) is 4.96. The molecule has 0 spiro atoms. The van der Waals surface area contributed by atoms with Gasteiger partial charge in [-0.25, -0.2) is 4.98 Å². The third-order valence-electron chi connectivity index (χ3n) is 3.41. The average Bonchev–Trinajstić information content (AvgIpc) is 2.86. The number of carbonyl (C=O) groups excluding carboxylic acids is 1. The van der Waals surface area contributed by atoms with Crippen LogP contribution in [0.25, 0.3) is 0 Å². The number of aryl methyl sites for hydroxylation is 1. The van der Waals surface area contributed by atoms with Crippen LogP contribution in [0.4, 0.5) is 13.2 Å². The summed E-state index contributed by atoms with van der Waals surface area (Å²) in [4.78, 5) is 19.9. The maximum absolute atomic E-state index is 12.4. The van der Waals surface area contributed by atoms with E-state index < -0.39 is 24.7 Å². The van der Waals surface area contributed by atoms with Crippen molar-refractivity contribution < 1.29 is 18.0 Å². The molecule has 0 radical (unpaired) electrons. The molecule has 0 aliphatic carbocycles. The molecule has 1 aliphatic rings. The van der Waals surface area contributed by atoms with Gasteiger partial charge in [-0.15, -0.1) is 11.3 Å². The standard InChI is InChI=1S/C12H16F3N3OS/c1-8-10(20-7-16-8)5-17(2)9-3-4-18(11(9)19)6-12(13,14)15/h7,9H,3-6H2,1-2H3. The highest BCUT2D eigenvalue weighted by atomic mass is 32.1. The molecule has 1 aromatic rings. The van der Waals surface area contributed by atoms with Gasteiger partial charge in [0, 0.05) is 18.0 Å². The molecule has 2 rings (SSSR count). The van der Waals surface area contributed by atoms with Crippen molar-refractivity contribution in [3.05, 3.63) is 16.1 Å². The molecular formula is C12H16F3N3OS. The van der Waals surface area contributed by atoms with E-state index in [0.29, 0.717) is 13.0 Å². The van der Waals surface area contributed by atoms with Crippen molar-refractivity contribution in [3.63, 3.8) is 0 Å². The first-order chi connectivity index (χ1) is 9.28. The first kappa shape index (κ1) is 15.2. The number of aromatic nitrogens is 1. The van der Waals surface area contributed by atoms with E-state index >= 15 is 0 Å². The van der Waals surface area contributed by atoms with E-state index in [-0.39, 0.29) is 6.54 Å². The Morgan fingerprint density at radius 1 is 1.55 bits per heavy atom. The molecule has 0 bridgehead atoms. The normalized spacial score (nSPS) is 20.2. The Hall–Kier alpha value is -1.15. The Labute approximate surface area is 119 Å². The molecule has 1 saturated heterocycles. The third-order valence-corrected chi connectivity index (χ3v) is 4.33. The van der Waals surface area contributed by atoms with Gasteiger partial charge in [0.25, 0.3) is 0 Å². The number of amides is 1. The van der Waals surface area contributed by atoms with Gasteiger partial charge in [0.1, 0.15) is 6.54 Å². The van der Waals surface area contributed by atoms with Crippen LogP contribution in [-0.4, -0.2) is 53.0 Å². The minimum atomic E-state index is -4.34. The third kappa shape index (κ3) is 3.49. The summed E-state index contributed by atoms with van der Waals surface area (Å²) in [6.07, 6.45) is -3.90. The second kappa shape index (κ2) is 5.69. The minimum Gasteiger partial charge on any atom is -0.332 e. The van der Waals surface area contributed by atoms with Crippen LogP contribution in [0.3, 0.4) is 0 Å². The monoisotopic (exact) mass is 307 g/mol. The number of nitrogens with zero attached hydrogens (tertiary/aromatic N) is 3. The molecular weight excluding hydrogens is 291 g/mol.